The highest BCUT2D eigenvalue weighted by atomic mass is 32.2. The van der Waals surface area contributed by atoms with Gasteiger partial charge < -0.3 is 15.4 Å². The number of para-hydroxylation sites is 1. The van der Waals surface area contributed by atoms with Crippen LogP contribution in [0.2, 0.25) is 0 Å². The lowest BCUT2D eigenvalue weighted by Gasteiger charge is -2.44. The summed E-state index contributed by atoms with van der Waals surface area (Å²) in [6.07, 6.45) is 1.35. The van der Waals surface area contributed by atoms with E-state index in [0.29, 0.717) is 43.9 Å². The molecule has 0 atom stereocenters. The number of hydrogen-bond acceptors (Lipinski definition) is 6. The molecule has 30 heavy (non-hydrogen) atoms. The molecular weight excluding hydrogens is 400 g/mol. The Hall–Kier alpha value is -2.42. The van der Waals surface area contributed by atoms with Crippen LogP contribution >= 0.6 is 0 Å². The molecule has 0 unspecified atom stereocenters. The van der Waals surface area contributed by atoms with Crippen LogP contribution in [-0.2, 0) is 16.6 Å². The van der Waals surface area contributed by atoms with Crippen molar-refractivity contribution in [2.75, 3.05) is 33.3 Å². The first-order valence-electron chi connectivity index (χ1n) is 10.3. The van der Waals surface area contributed by atoms with Crippen LogP contribution in [0.5, 0.6) is 5.75 Å². The number of nitrogens with zero attached hydrogens (tertiary/aromatic N) is 2. The number of hydrogen-bond donors (Lipinski definition) is 2. The maximum absolute atomic E-state index is 13.0. The summed E-state index contributed by atoms with van der Waals surface area (Å²) in [5.41, 5.74) is 0.746. The molecule has 1 fully saturated rings. The van der Waals surface area contributed by atoms with Gasteiger partial charge in [0.15, 0.2) is 0 Å². The lowest BCUT2D eigenvalue weighted by atomic mass is 9.85. The van der Waals surface area contributed by atoms with Crippen molar-refractivity contribution in [1.82, 2.24) is 14.9 Å². The molecular formula is C22H28N4O3S. The zero-order chi connectivity index (χ0) is 21.0. The van der Waals surface area contributed by atoms with E-state index in [4.69, 9.17) is 9.73 Å². The van der Waals surface area contributed by atoms with Crippen LogP contribution in [0.1, 0.15) is 18.4 Å². The normalized spacial score (nSPS) is 19.3. The topological polar surface area (TPSA) is 83.0 Å². The Bertz CT molecular complexity index is 1000. The van der Waals surface area contributed by atoms with Gasteiger partial charge in [-0.2, -0.15) is 4.31 Å². The summed E-state index contributed by atoms with van der Waals surface area (Å²) in [5, 5.41) is 7.11. The highest BCUT2D eigenvalue weighted by molar-refractivity contribution is 7.89. The van der Waals surface area contributed by atoms with Gasteiger partial charge in [0.25, 0.3) is 0 Å². The summed E-state index contributed by atoms with van der Waals surface area (Å²) in [5.74, 6) is 1.75. The van der Waals surface area contributed by atoms with Crippen LogP contribution in [0.25, 0.3) is 0 Å². The van der Waals surface area contributed by atoms with Gasteiger partial charge >= 0.3 is 0 Å². The molecule has 2 aromatic carbocycles. The predicted molar refractivity (Wildman–Crippen MR) is 117 cm³/mol. The smallest absolute Gasteiger partial charge is 0.243 e. The average Bonchev–Trinajstić information content (AvgIpc) is 2.80. The van der Waals surface area contributed by atoms with Crippen molar-refractivity contribution >= 4 is 15.9 Å². The monoisotopic (exact) mass is 428 g/mol. The molecule has 4 rings (SSSR count). The van der Waals surface area contributed by atoms with Crippen LogP contribution in [0.4, 0.5) is 0 Å². The molecule has 0 amide bonds. The van der Waals surface area contributed by atoms with E-state index in [1.54, 1.807) is 35.7 Å². The van der Waals surface area contributed by atoms with Crippen LogP contribution < -0.4 is 15.4 Å². The van der Waals surface area contributed by atoms with Crippen LogP contribution in [-0.4, -0.2) is 57.4 Å². The van der Waals surface area contributed by atoms with Gasteiger partial charge in [-0.3, -0.25) is 4.99 Å². The first-order chi connectivity index (χ1) is 14.5. The molecule has 1 spiro atoms. The van der Waals surface area contributed by atoms with Crippen molar-refractivity contribution in [3.8, 4) is 5.75 Å². The molecule has 2 aromatic rings. The lowest BCUT2D eigenvalue weighted by molar-refractivity contribution is 0.241. The van der Waals surface area contributed by atoms with Crippen LogP contribution in [0.15, 0.2) is 64.5 Å². The van der Waals surface area contributed by atoms with Crippen molar-refractivity contribution in [3.05, 3.63) is 60.2 Å². The van der Waals surface area contributed by atoms with Gasteiger partial charge in [0.1, 0.15) is 11.6 Å². The Balaban J connectivity index is 1.46. The third kappa shape index (κ3) is 4.08. The van der Waals surface area contributed by atoms with Crippen molar-refractivity contribution in [2.24, 2.45) is 4.99 Å². The fraction of sp³-hybridized carbons (Fsp3) is 0.409. The number of benzene rings is 2. The third-order valence-corrected chi connectivity index (χ3v) is 7.81. The molecule has 0 bridgehead atoms. The van der Waals surface area contributed by atoms with Gasteiger partial charge in [-0.05, 0) is 31.0 Å². The highest BCUT2D eigenvalue weighted by Gasteiger charge is 2.43. The Labute approximate surface area is 178 Å². The third-order valence-electron chi connectivity index (χ3n) is 5.89. The number of sulfonamides is 1. The molecule has 160 valence electrons. The SMILES string of the molecule is COc1ccccc1CNC1=NCCNC12CCN(S(=O)(=O)c1ccccc1)CC2. The van der Waals surface area contributed by atoms with E-state index >= 15 is 0 Å². The Morgan fingerprint density at radius 2 is 1.80 bits per heavy atom. The maximum atomic E-state index is 13.0. The van der Waals surface area contributed by atoms with E-state index in [-0.39, 0.29) is 5.54 Å². The van der Waals surface area contributed by atoms with E-state index in [1.807, 2.05) is 30.3 Å². The van der Waals surface area contributed by atoms with Gasteiger partial charge in [0, 0.05) is 31.7 Å². The minimum Gasteiger partial charge on any atom is -0.496 e. The lowest BCUT2D eigenvalue weighted by Crippen LogP contribution is -2.64. The molecule has 2 aliphatic rings. The van der Waals surface area contributed by atoms with Crippen molar-refractivity contribution < 1.29 is 13.2 Å². The summed E-state index contributed by atoms with van der Waals surface area (Å²) in [6, 6.07) is 16.6. The Kier molecular flexibility index (Phi) is 6.08. The standard InChI is InChI=1S/C22H28N4O3S/c1-29-20-10-6-5-7-18(20)17-24-21-22(25-14-13-23-21)11-15-26(16-12-22)30(27,28)19-8-3-2-4-9-19/h2-10,25H,11-17H2,1H3,(H,23,24). The number of amidine groups is 1. The molecule has 0 aliphatic carbocycles. The first kappa shape index (κ1) is 20.8. The van der Waals surface area contributed by atoms with Gasteiger partial charge in [-0.1, -0.05) is 36.4 Å². The van der Waals surface area contributed by atoms with E-state index in [0.717, 1.165) is 23.7 Å². The molecule has 1 saturated heterocycles. The van der Waals surface area contributed by atoms with Gasteiger partial charge in [0.2, 0.25) is 10.0 Å². The molecule has 7 nitrogen and oxygen atoms in total. The maximum Gasteiger partial charge on any atom is 0.243 e. The highest BCUT2D eigenvalue weighted by Crippen LogP contribution is 2.29. The fourth-order valence-corrected chi connectivity index (χ4v) is 5.68. The van der Waals surface area contributed by atoms with Gasteiger partial charge in [-0.15, -0.1) is 0 Å². The summed E-state index contributed by atoms with van der Waals surface area (Å²) < 4.78 is 33.0. The van der Waals surface area contributed by atoms with Crippen molar-refractivity contribution in [2.45, 2.75) is 29.8 Å². The van der Waals surface area contributed by atoms with E-state index in [9.17, 15) is 8.42 Å². The number of aliphatic imine (C=N–C) groups is 1. The van der Waals surface area contributed by atoms with Crippen molar-refractivity contribution in [3.63, 3.8) is 0 Å². The number of methoxy groups -OCH3 is 1. The number of nitrogens with one attached hydrogen (secondary N) is 2. The zero-order valence-corrected chi connectivity index (χ0v) is 18.0. The van der Waals surface area contributed by atoms with E-state index in [1.165, 1.54) is 0 Å². The average molecular weight is 429 g/mol. The number of piperidine rings is 1. The fourth-order valence-electron chi connectivity index (χ4n) is 4.21. The summed E-state index contributed by atoms with van der Waals surface area (Å²) in [7, 11) is -1.80. The van der Waals surface area contributed by atoms with E-state index in [2.05, 4.69) is 10.6 Å². The Morgan fingerprint density at radius 3 is 2.53 bits per heavy atom. The number of rotatable bonds is 5. The molecule has 2 heterocycles. The molecule has 0 radical (unpaired) electrons. The summed E-state index contributed by atoms with van der Waals surface area (Å²) in [6.45, 7) is 3.03. The second-order valence-corrected chi connectivity index (χ2v) is 9.56. The molecule has 8 heteroatoms. The second kappa shape index (κ2) is 8.75. The molecule has 0 saturated carbocycles. The second-order valence-electron chi connectivity index (χ2n) is 7.62. The van der Waals surface area contributed by atoms with Crippen molar-refractivity contribution in [1.29, 1.82) is 0 Å². The predicted octanol–water partition coefficient (Wildman–Crippen LogP) is 2.01. The van der Waals surface area contributed by atoms with E-state index < -0.39 is 10.0 Å². The minimum absolute atomic E-state index is 0.316. The molecule has 0 aromatic heterocycles. The summed E-state index contributed by atoms with van der Waals surface area (Å²) >= 11 is 0. The molecule has 2 N–H and O–H groups in total. The zero-order valence-electron chi connectivity index (χ0n) is 17.2. The Morgan fingerprint density at radius 1 is 1.10 bits per heavy atom. The first-order valence-corrected chi connectivity index (χ1v) is 11.7. The van der Waals surface area contributed by atoms with Gasteiger partial charge in [0.05, 0.1) is 24.1 Å². The quantitative estimate of drug-likeness (QED) is 0.761. The molecule has 2 aliphatic heterocycles. The van der Waals surface area contributed by atoms with Crippen LogP contribution in [0, 0.1) is 0 Å². The summed E-state index contributed by atoms with van der Waals surface area (Å²) in [4.78, 5) is 5.10. The largest absolute Gasteiger partial charge is 0.496 e. The van der Waals surface area contributed by atoms with Crippen LogP contribution in [0.3, 0.4) is 0 Å². The number of ether oxygens (including phenoxy) is 1. The van der Waals surface area contributed by atoms with Gasteiger partial charge in [-0.25, -0.2) is 8.42 Å². The minimum atomic E-state index is -3.47.